The smallest absolute Gasteiger partial charge is 0.0560 e. The van der Waals surface area contributed by atoms with Crippen LogP contribution in [0.5, 0.6) is 0 Å². The molecule has 0 N–H and O–H groups in total. The largest absolute Gasteiger partial charge is 0.378 e. The molecule has 0 aliphatic heterocycles. The highest BCUT2D eigenvalue weighted by atomic mass is 32.2. The Balaban J connectivity index is 1.75. The Morgan fingerprint density at radius 3 is 2.31 bits per heavy atom. The maximum absolute atomic E-state index is 5.54. The fraction of sp³-hybridized carbons (Fsp3) is 0.696. The molecule has 2 nitrogen and oxygen atoms in total. The van der Waals surface area contributed by atoms with Gasteiger partial charge in [0, 0.05) is 30.1 Å². The maximum Gasteiger partial charge on any atom is 0.0560 e. The van der Waals surface area contributed by atoms with E-state index in [1.165, 1.54) is 63.5 Å². The first kappa shape index (κ1) is 23.1. The van der Waals surface area contributed by atoms with Crippen LogP contribution in [0, 0.1) is 11.8 Å². The molecule has 0 unspecified atom stereocenters. The Morgan fingerprint density at radius 1 is 0.962 bits per heavy atom. The average molecular weight is 376 g/mol. The SMILES string of the molecule is CC(C)OCCSCCCCCCCCCCCC#Cc1cccnc1. The fourth-order valence-corrected chi connectivity index (χ4v) is 3.53. The van der Waals surface area contributed by atoms with Crippen molar-refractivity contribution < 1.29 is 4.74 Å². The quantitative estimate of drug-likeness (QED) is 0.258. The van der Waals surface area contributed by atoms with E-state index in [1.54, 1.807) is 6.20 Å². The van der Waals surface area contributed by atoms with Crippen LogP contribution >= 0.6 is 11.8 Å². The minimum Gasteiger partial charge on any atom is -0.378 e. The van der Waals surface area contributed by atoms with Crippen molar-refractivity contribution in [2.45, 2.75) is 84.2 Å². The molecule has 1 rings (SSSR count). The van der Waals surface area contributed by atoms with Crippen LogP contribution in [-0.2, 0) is 4.74 Å². The molecule has 0 amide bonds. The van der Waals surface area contributed by atoms with E-state index in [-0.39, 0.29) is 0 Å². The van der Waals surface area contributed by atoms with Gasteiger partial charge < -0.3 is 4.74 Å². The van der Waals surface area contributed by atoms with Crippen molar-refractivity contribution in [3.05, 3.63) is 30.1 Å². The van der Waals surface area contributed by atoms with E-state index in [0.717, 1.165) is 24.3 Å². The van der Waals surface area contributed by atoms with Gasteiger partial charge in [-0.1, -0.05) is 56.8 Å². The second-order valence-electron chi connectivity index (χ2n) is 7.01. The Bertz CT molecular complexity index is 478. The first-order chi connectivity index (χ1) is 12.8. The van der Waals surface area contributed by atoms with Gasteiger partial charge in [0.1, 0.15) is 0 Å². The first-order valence-corrected chi connectivity index (χ1v) is 11.5. The van der Waals surface area contributed by atoms with Gasteiger partial charge in [0.15, 0.2) is 0 Å². The lowest BCUT2D eigenvalue weighted by Crippen LogP contribution is -2.05. The van der Waals surface area contributed by atoms with Crippen LogP contribution in [0.25, 0.3) is 0 Å². The summed E-state index contributed by atoms with van der Waals surface area (Å²) in [5, 5.41) is 0. The maximum atomic E-state index is 5.54. The van der Waals surface area contributed by atoms with Crippen LogP contribution < -0.4 is 0 Å². The number of hydrogen-bond acceptors (Lipinski definition) is 3. The Labute approximate surface area is 165 Å². The fourth-order valence-electron chi connectivity index (χ4n) is 2.70. The number of unbranched alkanes of at least 4 members (excludes halogenated alkanes) is 9. The molecule has 0 aliphatic rings. The Morgan fingerprint density at radius 2 is 1.65 bits per heavy atom. The topological polar surface area (TPSA) is 22.1 Å². The molecule has 26 heavy (non-hydrogen) atoms. The van der Waals surface area contributed by atoms with Crippen LogP contribution in [0.1, 0.15) is 83.6 Å². The van der Waals surface area contributed by atoms with Gasteiger partial charge in [-0.2, -0.15) is 11.8 Å². The van der Waals surface area contributed by atoms with E-state index >= 15 is 0 Å². The summed E-state index contributed by atoms with van der Waals surface area (Å²) in [6, 6.07) is 3.95. The normalized spacial score (nSPS) is 10.7. The molecule has 1 aromatic rings. The van der Waals surface area contributed by atoms with Crippen molar-refractivity contribution in [1.82, 2.24) is 4.98 Å². The lowest BCUT2D eigenvalue weighted by Gasteiger charge is -2.06. The number of nitrogens with zero attached hydrogens (tertiary/aromatic N) is 1. The van der Waals surface area contributed by atoms with Gasteiger partial charge in [-0.25, -0.2) is 0 Å². The van der Waals surface area contributed by atoms with E-state index in [1.807, 2.05) is 30.1 Å². The molecule has 0 aromatic carbocycles. The van der Waals surface area contributed by atoms with Crippen LogP contribution in [0.3, 0.4) is 0 Å². The molecule has 0 atom stereocenters. The minimum absolute atomic E-state index is 0.371. The second-order valence-corrected chi connectivity index (χ2v) is 8.23. The number of ether oxygens (including phenoxy) is 1. The van der Waals surface area contributed by atoms with Crippen LogP contribution in [0.4, 0.5) is 0 Å². The summed E-state index contributed by atoms with van der Waals surface area (Å²) < 4.78 is 5.54. The number of hydrogen-bond donors (Lipinski definition) is 0. The standard InChI is InChI=1S/C23H37NOS/c1-22(2)25-18-20-26-19-13-11-9-7-5-3-4-6-8-10-12-15-23-16-14-17-24-21-23/h14,16-17,21-22H,3-11,13,18-20H2,1-2H3. The van der Waals surface area contributed by atoms with E-state index in [9.17, 15) is 0 Å². The van der Waals surface area contributed by atoms with Gasteiger partial charge in [-0.3, -0.25) is 4.98 Å². The zero-order valence-corrected chi connectivity index (χ0v) is 17.7. The molecule has 3 heteroatoms. The van der Waals surface area contributed by atoms with Gasteiger partial charge >= 0.3 is 0 Å². The Hall–Kier alpha value is -0.980. The minimum atomic E-state index is 0.371. The third kappa shape index (κ3) is 15.3. The molecule has 1 aromatic heterocycles. The lowest BCUT2D eigenvalue weighted by molar-refractivity contribution is 0.0920. The number of pyridine rings is 1. The summed E-state index contributed by atoms with van der Waals surface area (Å²) in [6.45, 7) is 5.10. The summed E-state index contributed by atoms with van der Waals surface area (Å²) in [5.41, 5.74) is 1.02. The van der Waals surface area contributed by atoms with Crippen molar-refractivity contribution in [3.8, 4) is 11.8 Å². The van der Waals surface area contributed by atoms with Crippen molar-refractivity contribution in [2.75, 3.05) is 18.1 Å². The highest BCUT2D eigenvalue weighted by Crippen LogP contribution is 2.12. The summed E-state index contributed by atoms with van der Waals surface area (Å²) in [7, 11) is 0. The van der Waals surface area contributed by atoms with Gasteiger partial charge in [0.05, 0.1) is 12.7 Å². The molecule has 0 fully saturated rings. The van der Waals surface area contributed by atoms with E-state index in [2.05, 4.69) is 30.7 Å². The van der Waals surface area contributed by atoms with Crippen LogP contribution in [0.15, 0.2) is 24.5 Å². The molecule has 0 aliphatic carbocycles. The predicted octanol–water partition coefficient (Wildman–Crippen LogP) is 6.49. The van der Waals surface area contributed by atoms with E-state index < -0.39 is 0 Å². The highest BCUT2D eigenvalue weighted by molar-refractivity contribution is 7.99. The molecule has 146 valence electrons. The third-order valence-electron chi connectivity index (χ3n) is 4.16. The highest BCUT2D eigenvalue weighted by Gasteiger charge is 1.95. The van der Waals surface area contributed by atoms with E-state index in [4.69, 9.17) is 4.74 Å². The van der Waals surface area contributed by atoms with Crippen molar-refractivity contribution >= 4 is 11.8 Å². The molecule has 0 radical (unpaired) electrons. The van der Waals surface area contributed by atoms with Gasteiger partial charge in [0.25, 0.3) is 0 Å². The van der Waals surface area contributed by atoms with Crippen LogP contribution in [0.2, 0.25) is 0 Å². The Kier molecular flexibility index (Phi) is 15.5. The third-order valence-corrected chi connectivity index (χ3v) is 5.20. The summed E-state index contributed by atoms with van der Waals surface area (Å²) >= 11 is 2.04. The van der Waals surface area contributed by atoms with Gasteiger partial charge in [-0.05, 0) is 44.6 Å². The molecule has 0 bridgehead atoms. The molecular formula is C23H37NOS. The van der Waals surface area contributed by atoms with Crippen molar-refractivity contribution in [3.63, 3.8) is 0 Å². The number of rotatable bonds is 15. The first-order valence-electron chi connectivity index (χ1n) is 10.4. The molecule has 1 heterocycles. The zero-order chi connectivity index (χ0) is 18.7. The summed E-state index contributed by atoms with van der Waals surface area (Å²) in [4.78, 5) is 4.07. The average Bonchev–Trinajstić information content (AvgIpc) is 2.65. The van der Waals surface area contributed by atoms with Gasteiger partial charge in [0.2, 0.25) is 0 Å². The molecule has 0 spiro atoms. The van der Waals surface area contributed by atoms with Crippen molar-refractivity contribution in [1.29, 1.82) is 0 Å². The number of thioether (sulfide) groups is 1. The summed E-state index contributed by atoms with van der Waals surface area (Å²) in [5.74, 6) is 8.86. The van der Waals surface area contributed by atoms with E-state index in [0.29, 0.717) is 6.10 Å². The zero-order valence-electron chi connectivity index (χ0n) is 16.8. The van der Waals surface area contributed by atoms with Crippen LogP contribution in [-0.4, -0.2) is 29.2 Å². The lowest BCUT2D eigenvalue weighted by atomic mass is 10.1. The monoisotopic (exact) mass is 375 g/mol. The second kappa shape index (κ2) is 17.4. The summed E-state index contributed by atoms with van der Waals surface area (Å²) in [6.07, 6.45) is 17.2. The van der Waals surface area contributed by atoms with Crippen molar-refractivity contribution in [2.24, 2.45) is 0 Å². The predicted molar refractivity (Wildman–Crippen MR) is 116 cm³/mol. The molecular weight excluding hydrogens is 338 g/mol. The van der Waals surface area contributed by atoms with Gasteiger partial charge in [-0.15, -0.1) is 0 Å². The molecule has 0 saturated heterocycles. The molecule has 0 saturated carbocycles. The number of aromatic nitrogens is 1.